The van der Waals surface area contributed by atoms with Crippen molar-refractivity contribution >= 4 is 0 Å². The summed E-state index contributed by atoms with van der Waals surface area (Å²) >= 11 is 0. The third-order valence-corrected chi connectivity index (χ3v) is 2.45. The molecule has 4 nitrogen and oxygen atoms in total. The number of benzene rings is 1. The highest BCUT2D eigenvalue weighted by Crippen LogP contribution is 2.28. The Morgan fingerprint density at radius 1 is 1.33 bits per heavy atom. The lowest BCUT2D eigenvalue weighted by Crippen LogP contribution is -2.21. The second-order valence-electron chi connectivity index (χ2n) is 3.87. The molecule has 15 heavy (non-hydrogen) atoms. The van der Waals surface area contributed by atoms with Crippen LogP contribution in [0.1, 0.15) is 25.2 Å². The predicted molar refractivity (Wildman–Crippen MR) is 52.7 cm³/mol. The second kappa shape index (κ2) is 3.42. The summed E-state index contributed by atoms with van der Waals surface area (Å²) in [4.78, 5) is 0. The molecule has 0 bridgehead atoms. The fourth-order valence-corrected chi connectivity index (χ4v) is 1.43. The average molecular weight is 206 g/mol. The monoisotopic (exact) mass is 206 g/mol. The highest BCUT2D eigenvalue weighted by atomic mass is 19.1. The predicted octanol–water partition coefficient (Wildman–Crippen LogP) is 1.66. The molecule has 0 amide bonds. The minimum absolute atomic E-state index is 0.260. The smallest absolute Gasteiger partial charge is 0.184 e. The third kappa shape index (κ3) is 1.72. The lowest BCUT2D eigenvalue weighted by molar-refractivity contribution is 0.574. The van der Waals surface area contributed by atoms with Gasteiger partial charge in [-0.1, -0.05) is 17.3 Å². The van der Waals surface area contributed by atoms with Gasteiger partial charge in [0.15, 0.2) is 5.82 Å². The van der Waals surface area contributed by atoms with Gasteiger partial charge in [0.1, 0.15) is 5.82 Å². The zero-order valence-electron chi connectivity index (χ0n) is 8.53. The maximum Gasteiger partial charge on any atom is 0.184 e. The molecule has 5 heteroatoms. The fourth-order valence-electron chi connectivity index (χ4n) is 1.43. The summed E-state index contributed by atoms with van der Waals surface area (Å²) in [7, 11) is 0. The Hall–Kier alpha value is -1.78. The summed E-state index contributed by atoms with van der Waals surface area (Å²) in [6, 6.07) is 6.41. The van der Waals surface area contributed by atoms with Gasteiger partial charge in [-0.15, -0.1) is 10.2 Å². The van der Waals surface area contributed by atoms with E-state index in [-0.39, 0.29) is 5.82 Å². The van der Waals surface area contributed by atoms with E-state index in [2.05, 4.69) is 20.6 Å². The molecule has 2 rings (SSSR count). The molecule has 0 atom stereocenters. The molecule has 78 valence electrons. The van der Waals surface area contributed by atoms with Crippen LogP contribution >= 0.6 is 0 Å². The van der Waals surface area contributed by atoms with Gasteiger partial charge in [-0.3, -0.25) is 0 Å². The first-order chi connectivity index (χ1) is 7.10. The summed E-state index contributed by atoms with van der Waals surface area (Å²) in [6.07, 6.45) is 0. The summed E-state index contributed by atoms with van der Waals surface area (Å²) in [5, 5.41) is 13.8. The molecule has 1 N–H and O–H groups in total. The van der Waals surface area contributed by atoms with E-state index < -0.39 is 5.41 Å². The number of hydrogen-bond acceptors (Lipinski definition) is 3. The molecule has 0 spiro atoms. The van der Waals surface area contributed by atoms with Gasteiger partial charge in [0, 0.05) is 0 Å². The van der Waals surface area contributed by atoms with Crippen molar-refractivity contribution in [1.82, 2.24) is 20.6 Å². The van der Waals surface area contributed by atoms with Crippen LogP contribution in [0.4, 0.5) is 4.39 Å². The van der Waals surface area contributed by atoms with Crippen LogP contribution in [0.3, 0.4) is 0 Å². The van der Waals surface area contributed by atoms with E-state index in [1.165, 1.54) is 12.1 Å². The molecular weight excluding hydrogens is 195 g/mol. The highest BCUT2D eigenvalue weighted by molar-refractivity contribution is 5.30. The standard InChI is InChI=1S/C10H11FN4/c1-10(2,9-12-14-15-13-9)7-4-3-5-8(11)6-7/h3-6H,1-2H3,(H,12,13,14,15). The Labute approximate surface area is 86.5 Å². The normalized spacial score (nSPS) is 11.7. The number of nitrogens with one attached hydrogen (secondary N) is 1. The number of nitrogens with zero attached hydrogens (tertiary/aromatic N) is 3. The largest absolute Gasteiger partial charge is 0.207 e. The Morgan fingerprint density at radius 2 is 2.13 bits per heavy atom. The molecule has 0 unspecified atom stereocenters. The summed E-state index contributed by atoms with van der Waals surface area (Å²) < 4.78 is 13.1. The van der Waals surface area contributed by atoms with Gasteiger partial charge in [-0.25, -0.2) is 4.39 Å². The Morgan fingerprint density at radius 3 is 2.73 bits per heavy atom. The van der Waals surface area contributed by atoms with Gasteiger partial charge in [0.05, 0.1) is 5.41 Å². The molecule has 0 saturated heterocycles. The number of halogens is 1. The van der Waals surface area contributed by atoms with E-state index in [4.69, 9.17) is 0 Å². The van der Waals surface area contributed by atoms with Crippen molar-refractivity contribution in [3.8, 4) is 0 Å². The first-order valence-electron chi connectivity index (χ1n) is 4.60. The van der Waals surface area contributed by atoms with Crippen LogP contribution in [0.5, 0.6) is 0 Å². The van der Waals surface area contributed by atoms with Crippen LogP contribution in [0.15, 0.2) is 24.3 Å². The van der Waals surface area contributed by atoms with E-state index in [0.29, 0.717) is 5.82 Å². The summed E-state index contributed by atoms with van der Waals surface area (Å²) in [5.74, 6) is 0.289. The Bertz CT molecular complexity index is 450. The Balaban J connectivity index is 2.46. The van der Waals surface area contributed by atoms with Crippen LogP contribution in [0.2, 0.25) is 0 Å². The summed E-state index contributed by atoms with van der Waals surface area (Å²) in [6.45, 7) is 3.85. The molecule has 1 heterocycles. The van der Waals surface area contributed by atoms with E-state index in [1.807, 2.05) is 19.9 Å². The molecule has 0 aliphatic rings. The quantitative estimate of drug-likeness (QED) is 0.813. The second-order valence-corrected chi connectivity index (χ2v) is 3.87. The van der Waals surface area contributed by atoms with Gasteiger partial charge < -0.3 is 0 Å². The maximum atomic E-state index is 13.1. The van der Waals surface area contributed by atoms with Gasteiger partial charge in [-0.05, 0) is 31.5 Å². The first-order valence-corrected chi connectivity index (χ1v) is 4.60. The number of rotatable bonds is 2. The molecule has 2 aromatic rings. The number of H-pyrrole nitrogens is 1. The van der Waals surface area contributed by atoms with Crippen LogP contribution in [0.25, 0.3) is 0 Å². The van der Waals surface area contributed by atoms with E-state index in [0.717, 1.165) is 5.56 Å². The Kier molecular flexibility index (Phi) is 2.22. The van der Waals surface area contributed by atoms with E-state index >= 15 is 0 Å². The molecule has 1 aromatic carbocycles. The molecule has 0 aliphatic carbocycles. The van der Waals surface area contributed by atoms with Crippen LogP contribution < -0.4 is 0 Å². The molecule has 1 aromatic heterocycles. The highest BCUT2D eigenvalue weighted by Gasteiger charge is 2.27. The van der Waals surface area contributed by atoms with E-state index in [1.54, 1.807) is 6.07 Å². The lowest BCUT2D eigenvalue weighted by Gasteiger charge is -2.20. The molecule has 0 fully saturated rings. The molecule has 0 radical (unpaired) electrons. The van der Waals surface area contributed by atoms with Crippen molar-refractivity contribution in [3.05, 3.63) is 41.5 Å². The van der Waals surface area contributed by atoms with Crippen LogP contribution in [-0.4, -0.2) is 20.6 Å². The maximum absolute atomic E-state index is 13.1. The van der Waals surface area contributed by atoms with Crippen molar-refractivity contribution in [3.63, 3.8) is 0 Å². The molecule has 0 aliphatic heterocycles. The van der Waals surface area contributed by atoms with Crippen molar-refractivity contribution in [2.24, 2.45) is 0 Å². The lowest BCUT2D eigenvalue weighted by atomic mass is 9.84. The van der Waals surface area contributed by atoms with Crippen molar-refractivity contribution in [2.75, 3.05) is 0 Å². The first kappa shape index (κ1) is 9.76. The van der Waals surface area contributed by atoms with Crippen molar-refractivity contribution in [1.29, 1.82) is 0 Å². The van der Waals surface area contributed by atoms with Crippen LogP contribution in [0, 0.1) is 5.82 Å². The number of hydrogen-bond donors (Lipinski definition) is 1. The van der Waals surface area contributed by atoms with Gasteiger partial charge in [0.2, 0.25) is 0 Å². The van der Waals surface area contributed by atoms with Gasteiger partial charge in [0.25, 0.3) is 0 Å². The third-order valence-electron chi connectivity index (χ3n) is 2.45. The average Bonchev–Trinajstić information content (AvgIpc) is 2.71. The fraction of sp³-hybridized carbons (Fsp3) is 0.300. The number of aromatic nitrogens is 4. The summed E-state index contributed by atoms with van der Waals surface area (Å²) in [5.41, 5.74) is 0.374. The zero-order valence-corrected chi connectivity index (χ0v) is 8.53. The SMILES string of the molecule is CC(C)(c1cccc(F)c1)c1nn[nH]n1. The topological polar surface area (TPSA) is 54.5 Å². The molecular formula is C10H11FN4. The van der Waals surface area contributed by atoms with E-state index in [9.17, 15) is 4.39 Å². The molecule has 0 saturated carbocycles. The van der Waals surface area contributed by atoms with Gasteiger partial charge >= 0.3 is 0 Å². The van der Waals surface area contributed by atoms with Crippen molar-refractivity contribution in [2.45, 2.75) is 19.3 Å². The van der Waals surface area contributed by atoms with Gasteiger partial charge in [-0.2, -0.15) is 5.21 Å². The number of aromatic amines is 1. The minimum atomic E-state index is -0.449. The number of tetrazole rings is 1. The van der Waals surface area contributed by atoms with Crippen LogP contribution in [-0.2, 0) is 5.41 Å². The van der Waals surface area contributed by atoms with Crippen molar-refractivity contribution < 1.29 is 4.39 Å². The zero-order chi connectivity index (χ0) is 10.9. The minimum Gasteiger partial charge on any atom is -0.207 e.